The van der Waals surface area contributed by atoms with E-state index >= 15 is 0 Å². The van der Waals surface area contributed by atoms with Gasteiger partial charge in [-0.1, -0.05) is 0 Å². The number of fused-ring (bicyclic) bond motifs is 1. The van der Waals surface area contributed by atoms with Crippen LogP contribution in [0.3, 0.4) is 0 Å². The largest absolute Gasteiger partial charge is 0.327 e. The van der Waals surface area contributed by atoms with Crippen LogP contribution >= 0.6 is 0 Å². The molecule has 1 fully saturated rings. The van der Waals surface area contributed by atoms with Crippen LogP contribution in [0.25, 0.3) is 0 Å². The number of rotatable bonds is 2. The van der Waals surface area contributed by atoms with Gasteiger partial charge in [-0.25, -0.2) is 4.68 Å². The fourth-order valence-corrected chi connectivity index (χ4v) is 2.34. The molecule has 1 heterocycles. The Morgan fingerprint density at radius 1 is 1.44 bits per heavy atom. The summed E-state index contributed by atoms with van der Waals surface area (Å²) in [6.45, 7) is 0.804. The Bertz CT molecular complexity index is 462. The zero-order valence-electron chi connectivity index (χ0n) is 9.35. The zero-order chi connectivity index (χ0) is 11.1. The number of aromatic nitrogens is 2. The lowest BCUT2D eigenvalue weighted by Crippen LogP contribution is -2.33. The molecular formula is C12H17N3O. The fraction of sp³-hybridized carbons (Fsp3) is 0.667. The van der Waals surface area contributed by atoms with Crippen molar-refractivity contribution in [3.05, 3.63) is 27.7 Å². The van der Waals surface area contributed by atoms with E-state index in [1.165, 1.54) is 12.8 Å². The number of hydrogen-bond acceptors (Lipinski definition) is 3. The van der Waals surface area contributed by atoms with Crippen LogP contribution in [0.5, 0.6) is 0 Å². The first kappa shape index (κ1) is 10.0. The van der Waals surface area contributed by atoms with E-state index in [2.05, 4.69) is 5.10 Å². The van der Waals surface area contributed by atoms with Gasteiger partial charge in [-0.05, 0) is 43.6 Å². The molecule has 0 bridgehead atoms. The average molecular weight is 219 g/mol. The summed E-state index contributed by atoms with van der Waals surface area (Å²) >= 11 is 0. The van der Waals surface area contributed by atoms with Gasteiger partial charge in [0.15, 0.2) is 0 Å². The molecule has 0 saturated heterocycles. The minimum atomic E-state index is 0.0414. The van der Waals surface area contributed by atoms with E-state index in [9.17, 15) is 4.79 Å². The van der Waals surface area contributed by atoms with Crippen LogP contribution in [0.2, 0.25) is 0 Å². The quantitative estimate of drug-likeness (QED) is 0.786. The molecule has 1 atom stereocenters. The molecule has 0 aromatic carbocycles. The highest BCUT2D eigenvalue weighted by Crippen LogP contribution is 2.30. The van der Waals surface area contributed by atoms with Crippen LogP contribution in [0, 0.1) is 5.92 Å². The second kappa shape index (κ2) is 3.70. The summed E-state index contributed by atoms with van der Waals surface area (Å²) < 4.78 is 1.65. The minimum Gasteiger partial charge on any atom is -0.327 e. The molecule has 3 rings (SSSR count). The predicted octanol–water partition coefficient (Wildman–Crippen LogP) is 0.469. The van der Waals surface area contributed by atoms with Gasteiger partial charge < -0.3 is 5.73 Å². The molecule has 0 spiro atoms. The maximum Gasteiger partial charge on any atom is 0.267 e. The lowest BCUT2D eigenvalue weighted by atomic mass is 9.93. The molecule has 2 aliphatic rings. The first-order valence-electron chi connectivity index (χ1n) is 6.08. The van der Waals surface area contributed by atoms with E-state index in [0.717, 1.165) is 37.1 Å². The molecule has 1 aromatic rings. The molecule has 0 radical (unpaired) electrons. The molecular weight excluding hydrogens is 202 g/mol. The van der Waals surface area contributed by atoms with Gasteiger partial charge in [-0.3, -0.25) is 4.79 Å². The summed E-state index contributed by atoms with van der Waals surface area (Å²) in [5.41, 5.74) is 8.08. The summed E-state index contributed by atoms with van der Waals surface area (Å²) in [7, 11) is 0. The second-order valence-electron chi connectivity index (χ2n) is 5.08. The van der Waals surface area contributed by atoms with Crippen molar-refractivity contribution in [2.45, 2.75) is 44.7 Å². The summed E-state index contributed by atoms with van der Waals surface area (Å²) in [5, 5.41) is 4.48. The molecule has 0 aliphatic heterocycles. The van der Waals surface area contributed by atoms with Crippen LogP contribution in [0.15, 0.2) is 10.9 Å². The highest BCUT2D eigenvalue weighted by atomic mass is 16.1. The standard InChI is InChI=1S/C12H17N3O/c13-10-3-4-11-9(5-10)6-12(16)15(14-11)7-8-1-2-8/h6,8,10H,1-5,7,13H2. The average Bonchev–Trinajstić information content (AvgIpc) is 3.03. The normalized spacial score (nSPS) is 24.2. The van der Waals surface area contributed by atoms with Crippen molar-refractivity contribution in [3.8, 4) is 0 Å². The van der Waals surface area contributed by atoms with E-state index in [1.54, 1.807) is 10.7 Å². The highest BCUT2D eigenvalue weighted by Gasteiger charge is 2.24. The van der Waals surface area contributed by atoms with Crippen molar-refractivity contribution in [1.82, 2.24) is 9.78 Å². The molecule has 2 aliphatic carbocycles. The zero-order valence-corrected chi connectivity index (χ0v) is 9.35. The van der Waals surface area contributed by atoms with Crippen LogP contribution < -0.4 is 11.3 Å². The van der Waals surface area contributed by atoms with Crippen LogP contribution in [-0.4, -0.2) is 15.8 Å². The first-order valence-corrected chi connectivity index (χ1v) is 6.08. The Morgan fingerprint density at radius 2 is 2.25 bits per heavy atom. The number of aryl methyl sites for hydroxylation is 1. The summed E-state index contributed by atoms with van der Waals surface area (Å²) in [6.07, 6.45) is 5.21. The summed E-state index contributed by atoms with van der Waals surface area (Å²) in [4.78, 5) is 11.8. The highest BCUT2D eigenvalue weighted by molar-refractivity contribution is 5.22. The van der Waals surface area contributed by atoms with Gasteiger partial charge >= 0.3 is 0 Å². The Labute approximate surface area is 94.5 Å². The van der Waals surface area contributed by atoms with Gasteiger partial charge in [0.05, 0.1) is 5.69 Å². The SMILES string of the molecule is NC1CCc2nn(CC3CC3)c(=O)cc2C1. The lowest BCUT2D eigenvalue weighted by Gasteiger charge is -2.20. The van der Waals surface area contributed by atoms with Crippen molar-refractivity contribution in [2.75, 3.05) is 0 Å². The number of hydrogen-bond donors (Lipinski definition) is 1. The van der Waals surface area contributed by atoms with Crippen LogP contribution in [-0.2, 0) is 19.4 Å². The van der Waals surface area contributed by atoms with Crippen LogP contribution in [0.4, 0.5) is 0 Å². The summed E-state index contributed by atoms with van der Waals surface area (Å²) in [5.74, 6) is 0.689. The van der Waals surface area contributed by atoms with Gasteiger partial charge in [-0.2, -0.15) is 5.10 Å². The van der Waals surface area contributed by atoms with Gasteiger partial charge in [0.25, 0.3) is 5.56 Å². The molecule has 1 aromatic heterocycles. The van der Waals surface area contributed by atoms with Gasteiger partial charge in [-0.15, -0.1) is 0 Å². The number of nitrogens with two attached hydrogens (primary N) is 1. The molecule has 1 saturated carbocycles. The van der Waals surface area contributed by atoms with Crippen molar-refractivity contribution in [2.24, 2.45) is 11.7 Å². The van der Waals surface area contributed by atoms with Crippen molar-refractivity contribution in [3.63, 3.8) is 0 Å². The molecule has 86 valence electrons. The molecule has 2 N–H and O–H groups in total. The monoisotopic (exact) mass is 219 g/mol. The van der Waals surface area contributed by atoms with Gasteiger partial charge in [0.1, 0.15) is 0 Å². The van der Waals surface area contributed by atoms with E-state index in [4.69, 9.17) is 5.73 Å². The Hall–Kier alpha value is -1.16. The third-order valence-corrected chi connectivity index (χ3v) is 3.53. The van der Waals surface area contributed by atoms with Gasteiger partial charge in [0.2, 0.25) is 0 Å². The van der Waals surface area contributed by atoms with Crippen molar-refractivity contribution in [1.29, 1.82) is 0 Å². The van der Waals surface area contributed by atoms with Crippen molar-refractivity contribution >= 4 is 0 Å². The van der Waals surface area contributed by atoms with E-state index < -0.39 is 0 Å². The third kappa shape index (κ3) is 1.89. The minimum absolute atomic E-state index is 0.0414. The molecule has 0 amide bonds. The Balaban J connectivity index is 1.93. The maximum absolute atomic E-state index is 11.8. The van der Waals surface area contributed by atoms with E-state index in [-0.39, 0.29) is 11.6 Å². The lowest BCUT2D eigenvalue weighted by molar-refractivity contribution is 0.492. The predicted molar refractivity (Wildman–Crippen MR) is 61.2 cm³/mol. The van der Waals surface area contributed by atoms with E-state index in [0.29, 0.717) is 5.92 Å². The Morgan fingerprint density at radius 3 is 3.00 bits per heavy atom. The van der Waals surface area contributed by atoms with Gasteiger partial charge in [0, 0.05) is 18.7 Å². The fourth-order valence-electron chi connectivity index (χ4n) is 2.34. The maximum atomic E-state index is 11.8. The van der Waals surface area contributed by atoms with Crippen molar-refractivity contribution < 1.29 is 0 Å². The molecule has 4 heteroatoms. The van der Waals surface area contributed by atoms with E-state index in [1.807, 2.05) is 0 Å². The first-order chi connectivity index (χ1) is 7.72. The third-order valence-electron chi connectivity index (χ3n) is 3.53. The molecule has 16 heavy (non-hydrogen) atoms. The number of nitrogens with zero attached hydrogens (tertiary/aromatic N) is 2. The second-order valence-corrected chi connectivity index (χ2v) is 5.08. The van der Waals surface area contributed by atoms with Crippen LogP contribution in [0.1, 0.15) is 30.5 Å². The topological polar surface area (TPSA) is 60.9 Å². The molecule has 4 nitrogen and oxygen atoms in total. The molecule has 1 unspecified atom stereocenters. The smallest absolute Gasteiger partial charge is 0.267 e. The Kier molecular flexibility index (Phi) is 2.32. The summed E-state index contributed by atoms with van der Waals surface area (Å²) in [6, 6.07) is 1.94.